The fourth-order valence-electron chi connectivity index (χ4n) is 7.25. The predicted molar refractivity (Wildman–Crippen MR) is 142 cm³/mol. The molecule has 0 aromatic heterocycles. The predicted octanol–water partition coefficient (Wildman–Crippen LogP) is 6.59. The molecule has 37 heavy (non-hydrogen) atoms. The monoisotopic (exact) mass is 498 g/mol. The number of rotatable bonds is 3. The van der Waals surface area contributed by atoms with Crippen molar-refractivity contribution < 1.29 is 13.6 Å². The number of hydrogen-bond acceptors (Lipinski definition) is 2. The Hall–Kier alpha value is -3.31. The van der Waals surface area contributed by atoms with Crippen LogP contribution in [0.3, 0.4) is 0 Å². The van der Waals surface area contributed by atoms with Crippen molar-refractivity contribution in [2.45, 2.75) is 49.6 Å². The summed E-state index contributed by atoms with van der Waals surface area (Å²) >= 11 is 0. The molecule has 3 aromatic carbocycles. The van der Waals surface area contributed by atoms with Gasteiger partial charge in [0, 0.05) is 12.1 Å². The van der Waals surface area contributed by atoms with Gasteiger partial charge in [0.25, 0.3) is 5.91 Å². The van der Waals surface area contributed by atoms with Crippen molar-refractivity contribution in [2.24, 2.45) is 0 Å². The lowest BCUT2D eigenvalue weighted by atomic mass is 9.63. The van der Waals surface area contributed by atoms with Crippen LogP contribution in [0.15, 0.2) is 78.4 Å². The quantitative estimate of drug-likeness (QED) is 0.407. The Bertz CT molecular complexity index is 1390. The second-order valence-electron chi connectivity index (χ2n) is 10.9. The summed E-state index contributed by atoms with van der Waals surface area (Å²) in [5.74, 6) is -1.67. The summed E-state index contributed by atoms with van der Waals surface area (Å²) in [7, 11) is 4.26. The summed E-state index contributed by atoms with van der Waals surface area (Å²) in [6, 6.07) is 22.3. The zero-order chi connectivity index (χ0) is 25.8. The average Bonchev–Trinajstić information content (AvgIpc) is 3.31. The van der Waals surface area contributed by atoms with Crippen LogP contribution in [0.5, 0.6) is 0 Å². The molecule has 2 aliphatic carbocycles. The van der Waals surface area contributed by atoms with Crippen molar-refractivity contribution in [3.05, 3.63) is 112 Å². The van der Waals surface area contributed by atoms with E-state index in [0.717, 1.165) is 56.7 Å². The molecule has 3 aromatic rings. The van der Waals surface area contributed by atoms with E-state index in [4.69, 9.17) is 0 Å². The van der Waals surface area contributed by atoms with Crippen molar-refractivity contribution >= 4 is 11.5 Å². The Kier molecular flexibility index (Phi) is 5.79. The summed E-state index contributed by atoms with van der Waals surface area (Å²) in [6.07, 6.45) is 4.82. The fourth-order valence-corrected chi connectivity index (χ4v) is 7.25. The molecule has 1 amide bonds. The third-order valence-electron chi connectivity index (χ3n) is 9.21. The summed E-state index contributed by atoms with van der Waals surface area (Å²) in [4.78, 5) is 18.2. The zero-order valence-electron chi connectivity index (χ0n) is 21.4. The van der Waals surface area contributed by atoms with Crippen LogP contribution < -0.4 is 0 Å². The highest BCUT2D eigenvalue weighted by Crippen LogP contribution is 2.55. The molecule has 1 saturated carbocycles. The molecule has 5 heteroatoms. The van der Waals surface area contributed by atoms with Crippen LogP contribution in [0.1, 0.15) is 59.2 Å². The van der Waals surface area contributed by atoms with Crippen LogP contribution in [0, 0.1) is 11.6 Å². The molecule has 1 heterocycles. The minimum absolute atomic E-state index is 0.144. The first-order chi connectivity index (χ1) is 17.9. The molecule has 0 unspecified atom stereocenters. The molecule has 0 atom stereocenters. The van der Waals surface area contributed by atoms with Crippen LogP contribution in [-0.4, -0.2) is 41.9 Å². The van der Waals surface area contributed by atoms with Crippen LogP contribution in [0.2, 0.25) is 0 Å². The number of carbonyl (C=O) groups is 1. The van der Waals surface area contributed by atoms with Gasteiger partial charge in [-0.1, -0.05) is 54.6 Å². The highest BCUT2D eigenvalue weighted by atomic mass is 19.1. The molecule has 6 rings (SSSR count). The molecular weight excluding hydrogens is 466 g/mol. The molecular formula is C32H32F2N2O. The largest absolute Gasteiger partial charge is 0.329 e. The van der Waals surface area contributed by atoms with E-state index in [1.54, 1.807) is 0 Å². The second-order valence-corrected chi connectivity index (χ2v) is 10.9. The highest BCUT2D eigenvalue weighted by molar-refractivity contribution is 5.96. The molecule has 3 nitrogen and oxygen atoms in total. The van der Waals surface area contributed by atoms with E-state index in [1.165, 1.54) is 27.8 Å². The summed E-state index contributed by atoms with van der Waals surface area (Å²) in [5.41, 5.74) is 5.67. The number of hydrogen-bond donors (Lipinski definition) is 0. The third kappa shape index (κ3) is 3.66. The number of fused-ring (bicyclic) bond motifs is 3. The molecule has 3 aliphatic rings. The lowest BCUT2D eigenvalue weighted by Crippen LogP contribution is -2.60. The van der Waals surface area contributed by atoms with Gasteiger partial charge in [-0.2, -0.15) is 0 Å². The Morgan fingerprint density at radius 3 is 2.32 bits per heavy atom. The van der Waals surface area contributed by atoms with Crippen LogP contribution in [-0.2, 0) is 12.0 Å². The maximum Gasteiger partial charge on any atom is 0.257 e. The molecule has 0 bridgehead atoms. The van der Waals surface area contributed by atoms with E-state index < -0.39 is 23.1 Å². The summed E-state index contributed by atoms with van der Waals surface area (Å²) < 4.78 is 29.0. The van der Waals surface area contributed by atoms with E-state index >= 15 is 0 Å². The van der Waals surface area contributed by atoms with E-state index in [9.17, 15) is 13.6 Å². The van der Waals surface area contributed by atoms with Crippen LogP contribution >= 0.6 is 0 Å². The van der Waals surface area contributed by atoms with Crippen molar-refractivity contribution in [2.75, 3.05) is 20.6 Å². The van der Waals surface area contributed by atoms with Crippen molar-refractivity contribution in [3.63, 3.8) is 0 Å². The summed E-state index contributed by atoms with van der Waals surface area (Å²) in [5, 5.41) is 0. The fraction of sp³-hybridized carbons (Fsp3) is 0.344. The maximum absolute atomic E-state index is 14.8. The van der Waals surface area contributed by atoms with Crippen molar-refractivity contribution in [1.82, 2.24) is 9.80 Å². The van der Waals surface area contributed by atoms with Gasteiger partial charge < -0.3 is 4.90 Å². The van der Waals surface area contributed by atoms with Gasteiger partial charge in [0.2, 0.25) is 0 Å². The lowest BCUT2D eigenvalue weighted by Gasteiger charge is -2.56. The minimum atomic E-state index is -0.668. The van der Waals surface area contributed by atoms with Crippen molar-refractivity contribution in [3.8, 4) is 0 Å². The lowest BCUT2D eigenvalue weighted by molar-refractivity contribution is 0.00697. The van der Waals surface area contributed by atoms with Crippen LogP contribution in [0.25, 0.3) is 5.57 Å². The first-order valence-electron chi connectivity index (χ1n) is 13.2. The number of benzene rings is 3. The number of amides is 1. The molecule has 1 aliphatic heterocycles. The van der Waals surface area contributed by atoms with E-state index in [2.05, 4.69) is 67.5 Å². The minimum Gasteiger partial charge on any atom is -0.329 e. The number of nitrogens with zero attached hydrogens (tertiary/aromatic N) is 2. The van der Waals surface area contributed by atoms with E-state index in [-0.39, 0.29) is 11.1 Å². The zero-order valence-corrected chi connectivity index (χ0v) is 21.4. The average molecular weight is 499 g/mol. The smallest absolute Gasteiger partial charge is 0.257 e. The van der Waals surface area contributed by atoms with Gasteiger partial charge in [0.05, 0.1) is 11.1 Å². The van der Waals surface area contributed by atoms with Gasteiger partial charge in [-0.05, 0) is 98.7 Å². The Morgan fingerprint density at radius 1 is 0.892 bits per heavy atom. The van der Waals surface area contributed by atoms with Gasteiger partial charge in [0.15, 0.2) is 0 Å². The maximum atomic E-state index is 14.8. The van der Waals surface area contributed by atoms with E-state index in [1.807, 2.05) is 11.0 Å². The SMILES string of the molecule is CN(C)C1(c2ccccc2)CCC2(CC1)C1=C(CCN2C(=O)c2cc(F)ccc2F)c2ccccc2C1. The molecule has 1 spiro atoms. The van der Waals surface area contributed by atoms with Crippen molar-refractivity contribution in [1.29, 1.82) is 0 Å². The first kappa shape index (κ1) is 24.1. The van der Waals surface area contributed by atoms with Gasteiger partial charge in [-0.15, -0.1) is 0 Å². The highest BCUT2D eigenvalue weighted by Gasteiger charge is 2.54. The topological polar surface area (TPSA) is 23.6 Å². The second kappa shape index (κ2) is 8.91. The summed E-state index contributed by atoms with van der Waals surface area (Å²) in [6.45, 7) is 0.502. The third-order valence-corrected chi connectivity index (χ3v) is 9.21. The standard InChI is InChI=1S/C32H32F2N2O/c1-35(2)31(23-9-4-3-5-10-23)15-17-32(18-16-31)28-20-22-8-6-7-11-25(22)26(28)14-19-36(32)30(37)27-21-24(33)12-13-29(27)34/h3-13,21H,14-20H2,1-2H3. The normalized spacial score (nSPS) is 24.9. The first-order valence-corrected chi connectivity index (χ1v) is 13.2. The van der Waals surface area contributed by atoms with Gasteiger partial charge in [-0.25, -0.2) is 8.78 Å². The molecule has 0 N–H and O–H groups in total. The van der Waals surface area contributed by atoms with Gasteiger partial charge >= 0.3 is 0 Å². The number of carbonyl (C=O) groups excluding carboxylic acids is 1. The Morgan fingerprint density at radius 2 is 1.59 bits per heavy atom. The van der Waals surface area contributed by atoms with Gasteiger partial charge in [0.1, 0.15) is 11.6 Å². The Labute approximate surface area is 217 Å². The molecule has 0 radical (unpaired) electrons. The Balaban J connectivity index is 1.45. The molecule has 190 valence electrons. The van der Waals surface area contributed by atoms with E-state index in [0.29, 0.717) is 6.54 Å². The van der Waals surface area contributed by atoms with Crippen LogP contribution in [0.4, 0.5) is 8.78 Å². The number of halogens is 2. The van der Waals surface area contributed by atoms with Gasteiger partial charge in [-0.3, -0.25) is 9.69 Å². The molecule has 0 saturated heterocycles. The molecule has 1 fully saturated rings.